The van der Waals surface area contributed by atoms with Gasteiger partial charge in [0, 0.05) is 6.54 Å². The summed E-state index contributed by atoms with van der Waals surface area (Å²) in [4.78, 5) is 4.87. The van der Waals surface area contributed by atoms with Crippen molar-refractivity contribution in [1.29, 1.82) is 0 Å². The number of imidazole rings is 1. The Hall–Kier alpha value is -3.07. The van der Waals surface area contributed by atoms with E-state index in [2.05, 4.69) is 60.9 Å². The molecule has 1 aromatic heterocycles. The molecule has 3 heteroatoms. The van der Waals surface area contributed by atoms with E-state index in [9.17, 15) is 0 Å². The predicted molar refractivity (Wildman–Crippen MR) is 105 cm³/mol. The zero-order valence-corrected chi connectivity index (χ0v) is 15.1. The van der Waals surface area contributed by atoms with Crippen molar-refractivity contribution in [3.8, 4) is 5.75 Å². The highest BCUT2D eigenvalue weighted by Crippen LogP contribution is 2.26. The molecule has 0 spiro atoms. The highest BCUT2D eigenvalue weighted by atomic mass is 16.5. The van der Waals surface area contributed by atoms with Crippen molar-refractivity contribution in [1.82, 2.24) is 9.55 Å². The number of rotatable bonds is 5. The van der Waals surface area contributed by atoms with Crippen molar-refractivity contribution >= 4 is 11.0 Å². The van der Waals surface area contributed by atoms with Gasteiger partial charge in [-0.3, -0.25) is 0 Å². The first kappa shape index (κ1) is 16.4. The van der Waals surface area contributed by atoms with Crippen LogP contribution in [0.3, 0.4) is 0 Å². The second-order valence-electron chi connectivity index (χ2n) is 6.61. The minimum absolute atomic E-state index is 0.144. The standard InChI is InChI=1S/C23H22N2O/c1-17-9-8-10-19(15-17)16-25-22-14-7-6-13-21(22)24-23(25)18(2)26-20-11-4-3-5-12-20/h3-15,18H,16H2,1-2H3. The summed E-state index contributed by atoms with van der Waals surface area (Å²) in [7, 11) is 0. The number of nitrogens with zero attached hydrogens (tertiary/aromatic N) is 2. The van der Waals surface area contributed by atoms with Gasteiger partial charge in [0.2, 0.25) is 0 Å². The second-order valence-corrected chi connectivity index (χ2v) is 6.61. The van der Waals surface area contributed by atoms with Gasteiger partial charge in [0.05, 0.1) is 11.0 Å². The van der Waals surface area contributed by atoms with E-state index in [4.69, 9.17) is 9.72 Å². The molecule has 1 unspecified atom stereocenters. The molecule has 26 heavy (non-hydrogen) atoms. The Labute approximate surface area is 153 Å². The van der Waals surface area contributed by atoms with Gasteiger partial charge in [0.25, 0.3) is 0 Å². The molecule has 3 nitrogen and oxygen atoms in total. The number of hydrogen-bond acceptors (Lipinski definition) is 2. The van der Waals surface area contributed by atoms with Crippen LogP contribution < -0.4 is 4.74 Å². The molecule has 0 N–H and O–H groups in total. The smallest absolute Gasteiger partial charge is 0.153 e. The molecule has 3 aromatic carbocycles. The van der Waals surface area contributed by atoms with Gasteiger partial charge in [-0.2, -0.15) is 0 Å². The van der Waals surface area contributed by atoms with E-state index in [0.29, 0.717) is 0 Å². The molecule has 1 atom stereocenters. The summed E-state index contributed by atoms with van der Waals surface area (Å²) in [5, 5.41) is 0. The van der Waals surface area contributed by atoms with Crippen LogP contribution in [0.25, 0.3) is 11.0 Å². The maximum Gasteiger partial charge on any atom is 0.153 e. The fourth-order valence-corrected chi connectivity index (χ4v) is 3.32. The van der Waals surface area contributed by atoms with Gasteiger partial charge in [0.1, 0.15) is 5.75 Å². The zero-order chi connectivity index (χ0) is 17.9. The molecular weight excluding hydrogens is 320 g/mol. The lowest BCUT2D eigenvalue weighted by atomic mass is 10.1. The highest BCUT2D eigenvalue weighted by Gasteiger charge is 2.18. The van der Waals surface area contributed by atoms with Gasteiger partial charge < -0.3 is 9.30 Å². The van der Waals surface area contributed by atoms with E-state index in [1.807, 2.05) is 36.4 Å². The summed E-state index contributed by atoms with van der Waals surface area (Å²) in [5.74, 6) is 1.80. The summed E-state index contributed by atoms with van der Waals surface area (Å²) in [5.41, 5.74) is 4.66. The molecule has 1 heterocycles. The van der Waals surface area contributed by atoms with Crippen LogP contribution in [0.1, 0.15) is 30.0 Å². The minimum atomic E-state index is -0.144. The fraction of sp³-hybridized carbons (Fsp3) is 0.174. The summed E-state index contributed by atoms with van der Waals surface area (Å²) in [6.07, 6.45) is -0.144. The summed E-state index contributed by atoms with van der Waals surface area (Å²) < 4.78 is 8.41. The molecule has 0 saturated heterocycles. The summed E-state index contributed by atoms with van der Waals surface area (Å²) in [6.45, 7) is 4.96. The normalized spacial score (nSPS) is 12.2. The van der Waals surface area contributed by atoms with Crippen molar-refractivity contribution in [3.63, 3.8) is 0 Å². The van der Waals surface area contributed by atoms with E-state index in [1.54, 1.807) is 0 Å². The Morgan fingerprint density at radius 2 is 1.69 bits per heavy atom. The third kappa shape index (κ3) is 3.33. The maximum atomic E-state index is 6.15. The van der Waals surface area contributed by atoms with Gasteiger partial charge in [-0.25, -0.2) is 4.98 Å². The van der Waals surface area contributed by atoms with Crippen LogP contribution in [-0.4, -0.2) is 9.55 Å². The molecule has 0 aliphatic heterocycles. The molecule has 0 bridgehead atoms. The SMILES string of the molecule is Cc1cccc(Cn2c(C(C)Oc3ccccc3)nc3ccccc32)c1. The van der Waals surface area contributed by atoms with Crippen molar-refractivity contribution < 1.29 is 4.74 Å². The molecular formula is C23H22N2O. The summed E-state index contributed by atoms with van der Waals surface area (Å²) >= 11 is 0. The average Bonchev–Trinajstić information content (AvgIpc) is 3.01. The number of para-hydroxylation sites is 3. The lowest BCUT2D eigenvalue weighted by Gasteiger charge is -2.17. The maximum absolute atomic E-state index is 6.15. The van der Waals surface area contributed by atoms with E-state index < -0.39 is 0 Å². The van der Waals surface area contributed by atoms with Gasteiger partial charge in [-0.05, 0) is 43.7 Å². The Morgan fingerprint density at radius 3 is 2.50 bits per heavy atom. The topological polar surface area (TPSA) is 27.1 Å². The van der Waals surface area contributed by atoms with Crippen molar-refractivity contribution in [3.05, 3.63) is 95.8 Å². The minimum Gasteiger partial charge on any atom is -0.483 e. The van der Waals surface area contributed by atoms with Gasteiger partial charge in [0.15, 0.2) is 11.9 Å². The zero-order valence-electron chi connectivity index (χ0n) is 15.1. The molecule has 0 aliphatic carbocycles. The number of hydrogen-bond donors (Lipinski definition) is 0. The molecule has 130 valence electrons. The van der Waals surface area contributed by atoms with Gasteiger partial charge in [-0.15, -0.1) is 0 Å². The first-order valence-electron chi connectivity index (χ1n) is 8.93. The Bertz CT molecular complexity index is 1020. The largest absolute Gasteiger partial charge is 0.483 e. The van der Waals surface area contributed by atoms with E-state index in [-0.39, 0.29) is 6.10 Å². The number of ether oxygens (including phenoxy) is 1. The van der Waals surface area contributed by atoms with Crippen molar-refractivity contribution in [2.45, 2.75) is 26.5 Å². The van der Waals surface area contributed by atoms with Crippen LogP contribution in [0.5, 0.6) is 5.75 Å². The van der Waals surface area contributed by atoms with Gasteiger partial charge in [-0.1, -0.05) is 60.2 Å². The van der Waals surface area contributed by atoms with Crippen molar-refractivity contribution in [2.75, 3.05) is 0 Å². The Balaban J connectivity index is 1.73. The quantitative estimate of drug-likeness (QED) is 0.476. The van der Waals surface area contributed by atoms with Crippen LogP contribution in [0.15, 0.2) is 78.9 Å². The number of aryl methyl sites for hydroxylation is 1. The van der Waals surface area contributed by atoms with Gasteiger partial charge >= 0.3 is 0 Å². The highest BCUT2D eigenvalue weighted by molar-refractivity contribution is 5.76. The third-order valence-corrected chi connectivity index (χ3v) is 4.53. The number of aromatic nitrogens is 2. The molecule has 0 radical (unpaired) electrons. The van der Waals surface area contributed by atoms with Crippen LogP contribution in [-0.2, 0) is 6.54 Å². The first-order valence-corrected chi connectivity index (χ1v) is 8.93. The monoisotopic (exact) mass is 342 g/mol. The Kier molecular flexibility index (Phi) is 4.44. The van der Waals surface area contributed by atoms with E-state index in [1.165, 1.54) is 11.1 Å². The van der Waals surface area contributed by atoms with Crippen LogP contribution in [0.2, 0.25) is 0 Å². The summed E-state index contributed by atoms with van der Waals surface area (Å²) in [6, 6.07) is 26.8. The molecule has 0 fully saturated rings. The second kappa shape index (κ2) is 7.04. The molecule has 0 saturated carbocycles. The van der Waals surface area contributed by atoms with Crippen LogP contribution in [0, 0.1) is 6.92 Å². The molecule has 4 aromatic rings. The number of benzene rings is 3. The predicted octanol–water partition coefficient (Wildman–Crippen LogP) is 5.53. The lowest BCUT2D eigenvalue weighted by molar-refractivity contribution is 0.212. The average molecular weight is 342 g/mol. The molecule has 0 aliphatic rings. The Morgan fingerprint density at radius 1 is 0.923 bits per heavy atom. The first-order chi connectivity index (χ1) is 12.7. The van der Waals surface area contributed by atoms with E-state index >= 15 is 0 Å². The van der Waals surface area contributed by atoms with E-state index in [0.717, 1.165) is 29.2 Å². The molecule has 4 rings (SSSR count). The fourth-order valence-electron chi connectivity index (χ4n) is 3.32. The lowest BCUT2D eigenvalue weighted by Crippen LogP contribution is -2.12. The van der Waals surface area contributed by atoms with Crippen molar-refractivity contribution in [2.24, 2.45) is 0 Å². The van der Waals surface area contributed by atoms with Crippen LogP contribution in [0.4, 0.5) is 0 Å². The third-order valence-electron chi connectivity index (χ3n) is 4.53. The van der Waals surface area contributed by atoms with Crippen LogP contribution >= 0.6 is 0 Å². The molecule has 0 amide bonds. The number of fused-ring (bicyclic) bond motifs is 1.